The van der Waals surface area contributed by atoms with E-state index in [-0.39, 0.29) is 0 Å². The van der Waals surface area contributed by atoms with Gasteiger partial charge in [-0.25, -0.2) is 9.97 Å². The van der Waals surface area contributed by atoms with Crippen LogP contribution in [0.5, 0.6) is 0 Å². The van der Waals surface area contributed by atoms with Gasteiger partial charge in [0, 0.05) is 45.0 Å². The summed E-state index contributed by atoms with van der Waals surface area (Å²) >= 11 is 0. The van der Waals surface area contributed by atoms with Crippen molar-refractivity contribution in [3.8, 4) is 0 Å². The molecule has 3 heterocycles. The summed E-state index contributed by atoms with van der Waals surface area (Å²) in [6.45, 7) is 5.69. The normalized spacial score (nSPS) is 14.9. The van der Waals surface area contributed by atoms with Crippen molar-refractivity contribution in [1.82, 2.24) is 19.9 Å². The van der Waals surface area contributed by atoms with E-state index in [1.54, 1.807) is 12.5 Å². The lowest BCUT2D eigenvalue weighted by Gasteiger charge is -2.35. The topological polar surface area (TPSA) is 57.2 Å². The first kappa shape index (κ1) is 17.4. The molecule has 0 saturated carbocycles. The Morgan fingerprint density at radius 2 is 1.67 bits per heavy atom. The molecule has 138 valence electrons. The smallest absolute Gasteiger partial charge is 0.134 e. The van der Waals surface area contributed by atoms with E-state index in [0.717, 1.165) is 50.1 Å². The van der Waals surface area contributed by atoms with Gasteiger partial charge in [-0.2, -0.15) is 0 Å². The molecule has 1 aliphatic rings. The molecular formula is C21H24N6. The average Bonchev–Trinajstić information content (AvgIpc) is 2.75. The number of hydrogen-bond donors (Lipinski definition) is 1. The van der Waals surface area contributed by atoms with Gasteiger partial charge in [-0.1, -0.05) is 36.4 Å². The monoisotopic (exact) mass is 360 g/mol. The Balaban J connectivity index is 1.32. The van der Waals surface area contributed by atoms with Gasteiger partial charge in [-0.05, 0) is 17.7 Å². The van der Waals surface area contributed by atoms with Crippen molar-refractivity contribution in [1.29, 1.82) is 0 Å². The molecule has 1 aromatic carbocycles. The van der Waals surface area contributed by atoms with Gasteiger partial charge in [0.25, 0.3) is 0 Å². The second kappa shape index (κ2) is 8.60. The molecule has 2 aromatic heterocycles. The maximum absolute atomic E-state index is 4.47. The van der Waals surface area contributed by atoms with Crippen molar-refractivity contribution in [3.05, 3.63) is 78.4 Å². The molecule has 0 amide bonds. The first-order valence-electron chi connectivity index (χ1n) is 9.34. The Morgan fingerprint density at radius 3 is 2.44 bits per heavy atom. The van der Waals surface area contributed by atoms with Crippen LogP contribution in [0.2, 0.25) is 0 Å². The van der Waals surface area contributed by atoms with Crippen molar-refractivity contribution in [2.24, 2.45) is 0 Å². The van der Waals surface area contributed by atoms with E-state index in [9.17, 15) is 0 Å². The number of piperazine rings is 1. The Bertz CT molecular complexity index is 832. The number of nitrogens with zero attached hydrogens (tertiary/aromatic N) is 5. The number of rotatable bonds is 6. The third kappa shape index (κ3) is 4.80. The fourth-order valence-electron chi connectivity index (χ4n) is 3.28. The third-order valence-corrected chi connectivity index (χ3v) is 4.77. The fourth-order valence-corrected chi connectivity index (χ4v) is 3.28. The van der Waals surface area contributed by atoms with Gasteiger partial charge in [0.1, 0.15) is 18.0 Å². The van der Waals surface area contributed by atoms with Gasteiger partial charge >= 0.3 is 0 Å². The number of nitrogens with one attached hydrogen (secondary N) is 1. The van der Waals surface area contributed by atoms with E-state index in [2.05, 4.69) is 60.4 Å². The number of anilines is 2. The van der Waals surface area contributed by atoms with Crippen LogP contribution in [-0.4, -0.2) is 46.0 Å². The minimum absolute atomic E-state index is 0.655. The molecule has 3 aromatic rings. The molecule has 0 unspecified atom stereocenters. The van der Waals surface area contributed by atoms with Crippen molar-refractivity contribution in [2.45, 2.75) is 13.1 Å². The van der Waals surface area contributed by atoms with Crippen molar-refractivity contribution < 1.29 is 0 Å². The summed E-state index contributed by atoms with van der Waals surface area (Å²) in [4.78, 5) is 17.9. The molecule has 0 bridgehead atoms. The number of hydrogen-bond acceptors (Lipinski definition) is 6. The van der Waals surface area contributed by atoms with Gasteiger partial charge in [-0.15, -0.1) is 0 Å². The number of aromatic nitrogens is 3. The van der Waals surface area contributed by atoms with Crippen LogP contribution in [0.25, 0.3) is 0 Å². The van der Waals surface area contributed by atoms with Gasteiger partial charge < -0.3 is 10.2 Å². The minimum atomic E-state index is 0.655. The summed E-state index contributed by atoms with van der Waals surface area (Å²) in [6, 6.07) is 18.6. The zero-order chi connectivity index (χ0) is 18.3. The molecule has 27 heavy (non-hydrogen) atoms. The zero-order valence-electron chi connectivity index (χ0n) is 15.3. The minimum Gasteiger partial charge on any atom is -0.364 e. The highest BCUT2D eigenvalue weighted by molar-refractivity contribution is 5.48. The summed E-state index contributed by atoms with van der Waals surface area (Å²) in [6.07, 6.45) is 3.43. The standard InChI is InChI=1S/C21H24N6/c1-2-6-18(7-3-1)16-26-10-12-27(13-11-26)21-14-20(24-17-25-21)23-15-19-8-4-5-9-22-19/h1-9,14,17H,10-13,15-16H2,(H,23,24,25). The molecule has 1 fully saturated rings. The van der Waals surface area contributed by atoms with Crippen LogP contribution in [0.4, 0.5) is 11.6 Å². The lowest BCUT2D eigenvalue weighted by atomic mass is 10.2. The second-order valence-electron chi connectivity index (χ2n) is 6.68. The molecule has 6 nitrogen and oxygen atoms in total. The lowest BCUT2D eigenvalue weighted by molar-refractivity contribution is 0.249. The largest absolute Gasteiger partial charge is 0.364 e. The summed E-state index contributed by atoms with van der Waals surface area (Å²) in [5.41, 5.74) is 2.36. The summed E-state index contributed by atoms with van der Waals surface area (Å²) in [5, 5.41) is 3.33. The first-order chi connectivity index (χ1) is 13.4. The zero-order valence-corrected chi connectivity index (χ0v) is 15.3. The van der Waals surface area contributed by atoms with Crippen LogP contribution in [0, 0.1) is 0 Å². The van der Waals surface area contributed by atoms with Gasteiger partial charge in [0.05, 0.1) is 12.2 Å². The highest BCUT2D eigenvalue weighted by Crippen LogP contribution is 2.17. The molecular weight excluding hydrogens is 336 g/mol. The van der Waals surface area contributed by atoms with Crippen LogP contribution in [0.15, 0.2) is 67.1 Å². The first-order valence-corrected chi connectivity index (χ1v) is 9.34. The van der Waals surface area contributed by atoms with Gasteiger partial charge in [0.15, 0.2) is 0 Å². The SMILES string of the molecule is c1ccc(CN2CCN(c3cc(NCc4ccccn4)ncn3)CC2)cc1. The summed E-state index contributed by atoms with van der Waals surface area (Å²) in [5.74, 6) is 1.81. The van der Waals surface area contributed by atoms with Crippen LogP contribution in [-0.2, 0) is 13.1 Å². The molecule has 1 saturated heterocycles. The van der Waals surface area contributed by atoms with E-state index in [1.165, 1.54) is 5.56 Å². The molecule has 1 aliphatic heterocycles. The molecule has 0 spiro atoms. The maximum Gasteiger partial charge on any atom is 0.134 e. The molecule has 0 atom stereocenters. The van der Waals surface area contributed by atoms with E-state index < -0.39 is 0 Å². The van der Waals surface area contributed by atoms with E-state index in [1.807, 2.05) is 24.3 Å². The average molecular weight is 360 g/mol. The Hall–Kier alpha value is -2.99. The quantitative estimate of drug-likeness (QED) is 0.729. The summed E-state index contributed by atoms with van der Waals surface area (Å²) < 4.78 is 0. The van der Waals surface area contributed by atoms with Crippen LogP contribution >= 0.6 is 0 Å². The van der Waals surface area contributed by atoms with E-state index >= 15 is 0 Å². The highest BCUT2D eigenvalue weighted by Gasteiger charge is 2.18. The maximum atomic E-state index is 4.47. The fraction of sp³-hybridized carbons (Fsp3) is 0.286. The van der Waals surface area contributed by atoms with Gasteiger partial charge in [0.2, 0.25) is 0 Å². The van der Waals surface area contributed by atoms with Crippen molar-refractivity contribution >= 4 is 11.6 Å². The van der Waals surface area contributed by atoms with Gasteiger partial charge in [-0.3, -0.25) is 9.88 Å². The number of pyridine rings is 1. The Kier molecular flexibility index (Phi) is 5.55. The predicted molar refractivity (Wildman–Crippen MR) is 108 cm³/mol. The number of benzene rings is 1. The van der Waals surface area contributed by atoms with Crippen LogP contribution in [0.1, 0.15) is 11.3 Å². The molecule has 1 N–H and O–H groups in total. The van der Waals surface area contributed by atoms with E-state index in [0.29, 0.717) is 6.54 Å². The van der Waals surface area contributed by atoms with Crippen molar-refractivity contribution in [3.63, 3.8) is 0 Å². The van der Waals surface area contributed by atoms with E-state index in [4.69, 9.17) is 0 Å². The Labute approximate surface area is 159 Å². The summed E-state index contributed by atoms with van der Waals surface area (Å²) in [7, 11) is 0. The van der Waals surface area contributed by atoms with Crippen molar-refractivity contribution in [2.75, 3.05) is 36.4 Å². The predicted octanol–water partition coefficient (Wildman–Crippen LogP) is 2.81. The van der Waals surface area contributed by atoms with Crippen LogP contribution < -0.4 is 10.2 Å². The Morgan fingerprint density at radius 1 is 0.852 bits per heavy atom. The lowest BCUT2D eigenvalue weighted by Crippen LogP contribution is -2.46. The van der Waals surface area contributed by atoms with Crippen LogP contribution in [0.3, 0.4) is 0 Å². The third-order valence-electron chi connectivity index (χ3n) is 4.77. The second-order valence-corrected chi connectivity index (χ2v) is 6.68. The highest BCUT2D eigenvalue weighted by atomic mass is 15.3. The molecule has 0 aliphatic carbocycles. The molecule has 0 radical (unpaired) electrons. The molecule has 4 rings (SSSR count). The molecule has 6 heteroatoms.